The Labute approximate surface area is 195 Å². The lowest BCUT2D eigenvalue weighted by atomic mass is 9.96. The molecular weight excluding hydrogens is 432 g/mol. The number of hydrogen-bond acceptors (Lipinski definition) is 5. The Bertz CT molecular complexity index is 1400. The van der Waals surface area contributed by atoms with Crippen molar-refractivity contribution in [2.45, 2.75) is 6.92 Å². The third-order valence-electron chi connectivity index (χ3n) is 5.55. The molecule has 162 valence electrons. The molecule has 0 saturated carbocycles. The Balaban J connectivity index is 1.55. The molecule has 1 amide bonds. The number of carbonyl (C=O) groups is 2. The summed E-state index contributed by atoms with van der Waals surface area (Å²) in [5.41, 5.74) is 1.91. The van der Waals surface area contributed by atoms with Crippen LogP contribution in [0.3, 0.4) is 0 Å². The molecule has 1 saturated heterocycles. The van der Waals surface area contributed by atoms with Gasteiger partial charge < -0.3 is 4.74 Å². The molecule has 0 radical (unpaired) electrons. The number of nitrogens with zero attached hydrogens (tertiary/aromatic N) is 1. The molecule has 6 heteroatoms. The number of amides is 1. The zero-order valence-corrected chi connectivity index (χ0v) is 18.7. The lowest BCUT2D eigenvalue weighted by Gasteiger charge is -2.14. The standard InChI is InChI=1S/C27H20N2O3S/c1-2-32-26(31)17-11-13-20(14-12-17)29-25(30)24(33-27(29)28)16-23-21-9-5-3-7-18(21)15-19-8-4-6-10-22(19)23/h3-16,28H,2H2,1H3/b24-16-,28-27?. The fourth-order valence-corrected chi connectivity index (χ4v) is 4.86. The SMILES string of the molecule is CCOC(=O)c1ccc(N2C(=N)S/C(=C\c3c4ccccc4cc4ccccc34)C2=O)cc1. The van der Waals surface area contributed by atoms with Crippen LogP contribution in [0.2, 0.25) is 0 Å². The van der Waals surface area contributed by atoms with Gasteiger partial charge in [-0.05, 0) is 82.2 Å². The van der Waals surface area contributed by atoms with E-state index in [1.165, 1.54) is 4.90 Å². The first kappa shape index (κ1) is 21.0. The zero-order chi connectivity index (χ0) is 22.9. The van der Waals surface area contributed by atoms with Crippen LogP contribution in [0.15, 0.2) is 83.8 Å². The van der Waals surface area contributed by atoms with Crippen molar-refractivity contribution >= 4 is 62.1 Å². The number of benzene rings is 4. The van der Waals surface area contributed by atoms with Crippen molar-refractivity contribution in [3.8, 4) is 0 Å². The predicted octanol–water partition coefficient (Wildman–Crippen LogP) is 6.23. The number of rotatable bonds is 4. The average Bonchev–Trinajstić information content (AvgIpc) is 3.11. The highest BCUT2D eigenvalue weighted by atomic mass is 32.2. The van der Waals surface area contributed by atoms with Crippen molar-refractivity contribution in [1.82, 2.24) is 0 Å². The summed E-state index contributed by atoms with van der Waals surface area (Å²) in [6.07, 6.45) is 1.89. The molecular formula is C27H20N2O3S. The van der Waals surface area contributed by atoms with Crippen LogP contribution >= 0.6 is 11.8 Å². The molecule has 1 heterocycles. The van der Waals surface area contributed by atoms with Gasteiger partial charge in [-0.2, -0.15) is 0 Å². The van der Waals surface area contributed by atoms with E-state index in [2.05, 4.69) is 30.3 Å². The van der Waals surface area contributed by atoms with E-state index >= 15 is 0 Å². The molecule has 5 nitrogen and oxygen atoms in total. The van der Waals surface area contributed by atoms with Crippen molar-refractivity contribution < 1.29 is 14.3 Å². The van der Waals surface area contributed by atoms with E-state index in [0.29, 0.717) is 22.8 Å². The van der Waals surface area contributed by atoms with E-state index in [4.69, 9.17) is 10.1 Å². The summed E-state index contributed by atoms with van der Waals surface area (Å²) < 4.78 is 5.01. The Morgan fingerprint density at radius 3 is 2.18 bits per heavy atom. The lowest BCUT2D eigenvalue weighted by molar-refractivity contribution is -0.113. The number of esters is 1. The molecule has 0 spiro atoms. The van der Waals surface area contributed by atoms with Crippen molar-refractivity contribution in [2.24, 2.45) is 0 Å². The van der Waals surface area contributed by atoms with E-state index in [0.717, 1.165) is 38.9 Å². The second kappa shape index (κ2) is 8.56. The number of anilines is 1. The molecule has 1 N–H and O–H groups in total. The fourth-order valence-electron chi connectivity index (χ4n) is 4.02. The van der Waals surface area contributed by atoms with Crippen LogP contribution in [-0.2, 0) is 9.53 Å². The second-order valence-corrected chi connectivity index (χ2v) is 8.59. The van der Waals surface area contributed by atoms with Gasteiger partial charge in [0.05, 0.1) is 22.8 Å². The third-order valence-corrected chi connectivity index (χ3v) is 6.44. The molecule has 1 fully saturated rings. The minimum absolute atomic E-state index is 0.125. The first-order valence-electron chi connectivity index (χ1n) is 10.6. The molecule has 1 aliphatic rings. The maximum atomic E-state index is 13.3. The normalized spacial score (nSPS) is 15.1. The number of carbonyl (C=O) groups excluding carboxylic acids is 2. The van der Waals surface area contributed by atoms with Crippen molar-refractivity contribution in [1.29, 1.82) is 5.41 Å². The van der Waals surface area contributed by atoms with E-state index in [1.54, 1.807) is 31.2 Å². The lowest BCUT2D eigenvalue weighted by Crippen LogP contribution is -2.28. The van der Waals surface area contributed by atoms with Gasteiger partial charge in [0.25, 0.3) is 5.91 Å². The Kier molecular flexibility index (Phi) is 5.44. The van der Waals surface area contributed by atoms with Crippen LogP contribution in [0.25, 0.3) is 27.6 Å². The van der Waals surface area contributed by atoms with Gasteiger partial charge in [0.2, 0.25) is 0 Å². The number of ether oxygens (including phenoxy) is 1. The number of nitrogens with one attached hydrogen (secondary N) is 1. The van der Waals surface area contributed by atoms with Crippen LogP contribution in [-0.4, -0.2) is 23.7 Å². The summed E-state index contributed by atoms with van der Waals surface area (Å²) in [6.45, 7) is 2.05. The van der Waals surface area contributed by atoms with Crippen molar-refractivity contribution in [2.75, 3.05) is 11.5 Å². The number of amidine groups is 1. The van der Waals surface area contributed by atoms with Gasteiger partial charge in [0.1, 0.15) is 0 Å². The molecule has 4 aromatic carbocycles. The van der Waals surface area contributed by atoms with Gasteiger partial charge in [-0.1, -0.05) is 48.5 Å². The van der Waals surface area contributed by atoms with Gasteiger partial charge in [-0.3, -0.25) is 15.1 Å². The van der Waals surface area contributed by atoms with Crippen LogP contribution in [0.4, 0.5) is 5.69 Å². The smallest absolute Gasteiger partial charge is 0.338 e. The molecule has 0 unspecified atom stereocenters. The first-order chi connectivity index (χ1) is 16.1. The topological polar surface area (TPSA) is 70.5 Å². The van der Waals surface area contributed by atoms with Crippen LogP contribution in [0.5, 0.6) is 0 Å². The van der Waals surface area contributed by atoms with Gasteiger partial charge in [-0.25, -0.2) is 4.79 Å². The molecule has 0 bridgehead atoms. The largest absolute Gasteiger partial charge is 0.462 e. The highest BCUT2D eigenvalue weighted by molar-refractivity contribution is 8.19. The first-order valence-corrected chi connectivity index (χ1v) is 11.4. The van der Waals surface area contributed by atoms with Crippen LogP contribution < -0.4 is 4.90 Å². The monoisotopic (exact) mass is 452 g/mol. The summed E-state index contributed by atoms with van der Waals surface area (Å²) in [7, 11) is 0. The Morgan fingerprint density at radius 1 is 0.970 bits per heavy atom. The van der Waals surface area contributed by atoms with Crippen LogP contribution in [0.1, 0.15) is 22.8 Å². The molecule has 0 aromatic heterocycles. The van der Waals surface area contributed by atoms with Gasteiger partial charge in [0, 0.05) is 0 Å². The summed E-state index contributed by atoms with van der Waals surface area (Å²) >= 11 is 1.14. The summed E-state index contributed by atoms with van der Waals surface area (Å²) in [6, 6.07) is 24.9. The highest BCUT2D eigenvalue weighted by Crippen LogP contribution is 2.38. The predicted molar refractivity (Wildman–Crippen MR) is 135 cm³/mol. The van der Waals surface area contributed by atoms with E-state index < -0.39 is 5.97 Å². The molecule has 33 heavy (non-hydrogen) atoms. The molecule has 0 aliphatic carbocycles. The minimum Gasteiger partial charge on any atom is -0.462 e. The summed E-state index contributed by atoms with van der Waals surface area (Å²) in [5, 5.41) is 12.9. The van der Waals surface area contributed by atoms with Gasteiger partial charge >= 0.3 is 5.97 Å². The fraction of sp³-hybridized carbons (Fsp3) is 0.0741. The van der Waals surface area contributed by atoms with Crippen LogP contribution in [0, 0.1) is 5.41 Å². The van der Waals surface area contributed by atoms with Crippen molar-refractivity contribution in [3.05, 3.63) is 94.9 Å². The van der Waals surface area contributed by atoms with E-state index in [1.807, 2.05) is 30.3 Å². The zero-order valence-electron chi connectivity index (χ0n) is 17.9. The number of thioether (sulfide) groups is 1. The quantitative estimate of drug-likeness (QED) is 0.226. The minimum atomic E-state index is -0.412. The highest BCUT2D eigenvalue weighted by Gasteiger charge is 2.34. The Morgan fingerprint density at radius 2 is 1.58 bits per heavy atom. The van der Waals surface area contributed by atoms with E-state index in [9.17, 15) is 9.59 Å². The summed E-state index contributed by atoms with van der Waals surface area (Å²) in [4.78, 5) is 27.1. The van der Waals surface area contributed by atoms with Gasteiger partial charge in [0.15, 0.2) is 5.17 Å². The molecule has 1 aliphatic heterocycles. The maximum absolute atomic E-state index is 13.3. The molecule has 5 rings (SSSR count). The molecule has 0 atom stereocenters. The molecule has 4 aromatic rings. The van der Waals surface area contributed by atoms with Gasteiger partial charge in [-0.15, -0.1) is 0 Å². The second-order valence-electron chi connectivity index (χ2n) is 7.56. The number of fused-ring (bicyclic) bond motifs is 2. The summed E-state index contributed by atoms with van der Waals surface area (Å²) in [5.74, 6) is -0.671. The van der Waals surface area contributed by atoms with Crippen molar-refractivity contribution in [3.63, 3.8) is 0 Å². The maximum Gasteiger partial charge on any atom is 0.338 e. The Hall–Kier alpha value is -3.90. The average molecular weight is 453 g/mol. The van der Waals surface area contributed by atoms with E-state index in [-0.39, 0.29) is 11.1 Å². The number of hydrogen-bond donors (Lipinski definition) is 1. The third kappa shape index (κ3) is 3.79.